The van der Waals surface area contributed by atoms with Gasteiger partial charge in [-0.3, -0.25) is 0 Å². The van der Waals surface area contributed by atoms with E-state index >= 15 is 0 Å². The topological polar surface area (TPSA) is 26.0 Å². The minimum absolute atomic E-state index is 0.887. The maximum Gasteiger partial charge on any atom is 0.167 e. The van der Waals surface area contributed by atoms with E-state index in [9.17, 15) is 0 Å². The number of benzene rings is 1. The summed E-state index contributed by atoms with van der Waals surface area (Å²) in [6.45, 7) is 12.5. The van der Waals surface area contributed by atoms with Crippen molar-refractivity contribution < 1.29 is 4.52 Å². The smallest absolute Gasteiger partial charge is 0.167 e. The van der Waals surface area contributed by atoms with E-state index in [-0.39, 0.29) is 0 Å². The van der Waals surface area contributed by atoms with Crippen LogP contribution in [-0.2, 0) is 6.42 Å². The molecular weight excluding hydrogens is 222 g/mol. The molecule has 0 radical (unpaired) electrons. The van der Waals surface area contributed by atoms with Gasteiger partial charge in [-0.25, -0.2) is 0 Å². The van der Waals surface area contributed by atoms with Crippen LogP contribution in [0.2, 0.25) is 0 Å². The van der Waals surface area contributed by atoms with Crippen LogP contribution < -0.4 is 0 Å². The maximum atomic E-state index is 5.14. The number of hydrogen-bond acceptors (Lipinski definition) is 2. The molecule has 0 unspecified atom stereocenters. The SMILES string of the molecule is CC.CCCC.CCc1noc2ccc(C)cc12. The lowest BCUT2D eigenvalue weighted by molar-refractivity contribution is 0.447. The third-order valence-electron chi connectivity index (χ3n) is 2.54. The van der Waals surface area contributed by atoms with Crippen LogP contribution in [0.1, 0.15) is 58.7 Å². The Hall–Kier alpha value is -1.31. The Morgan fingerprint density at radius 3 is 2.17 bits per heavy atom. The van der Waals surface area contributed by atoms with Gasteiger partial charge >= 0.3 is 0 Å². The highest BCUT2D eigenvalue weighted by Gasteiger charge is 2.04. The standard InChI is InChI=1S/C10H11NO.C4H10.C2H6/c1-3-9-8-6-7(2)4-5-10(8)12-11-9;1-3-4-2;1-2/h4-6H,3H2,1-2H3;3-4H2,1-2H3;1-2H3. The zero-order chi connectivity index (χ0) is 14.0. The summed E-state index contributed by atoms with van der Waals surface area (Å²) in [5.41, 5.74) is 3.19. The molecule has 0 aliphatic carbocycles. The van der Waals surface area contributed by atoms with Crippen LogP contribution in [0.5, 0.6) is 0 Å². The van der Waals surface area contributed by atoms with Crippen molar-refractivity contribution in [1.82, 2.24) is 5.16 Å². The fourth-order valence-corrected chi connectivity index (χ4v) is 1.36. The molecule has 102 valence electrons. The van der Waals surface area contributed by atoms with Gasteiger partial charge in [0, 0.05) is 5.39 Å². The van der Waals surface area contributed by atoms with Crippen LogP contribution >= 0.6 is 0 Å². The molecule has 0 aliphatic rings. The zero-order valence-electron chi connectivity index (χ0n) is 12.7. The summed E-state index contributed by atoms with van der Waals surface area (Å²) in [6, 6.07) is 6.12. The van der Waals surface area contributed by atoms with E-state index in [1.165, 1.54) is 18.4 Å². The number of fused-ring (bicyclic) bond motifs is 1. The van der Waals surface area contributed by atoms with Crippen LogP contribution in [-0.4, -0.2) is 5.16 Å². The second kappa shape index (κ2) is 9.69. The molecule has 1 aromatic heterocycles. The first kappa shape index (κ1) is 16.7. The molecular formula is C16H27NO. The van der Waals surface area contributed by atoms with Gasteiger partial charge in [0.2, 0.25) is 0 Å². The number of rotatable bonds is 2. The fourth-order valence-electron chi connectivity index (χ4n) is 1.36. The van der Waals surface area contributed by atoms with Gasteiger partial charge in [0.05, 0.1) is 5.69 Å². The molecule has 0 fully saturated rings. The lowest BCUT2D eigenvalue weighted by Crippen LogP contribution is -1.79. The predicted octanol–water partition coefficient (Wildman–Crippen LogP) is 5.53. The molecule has 0 spiro atoms. The number of hydrogen-bond donors (Lipinski definition) is 0. The lowest BCUT2D eigenvalue weighted by Gasteiger charge is -1.91. The maximum absolute atomic E-state index is 5.14. The van der Waals surface area contributed by atoms with E-state index in [0.29, 0.717) is 0 Å². The average Bonchev–Trinajstić information content (AvgIpc) is 2.83. The Morgan fingerprint density at radius 2 is 1.67 bits per heavy atom. The molecule has 2 nitrogen and oxygen atoms in total. The van der Waals surface area contributed by atoms with Crippen molar-refractivity contribution in [3.8, 4) is 0 Å². The fraction of sp³-hybridized carbons (Fsp3) is 0.562. The van der Waals surface area contributed by atoms with E-state index < -0.39 is 0 Å². The highest BCUT2D eigenvalue weighted by molar-refractivity contribution is 5.80. The number of aryl methyl sites for hydroxylation is 2. The van der Waals surface area contributed by atoms with Crippen molar-refractivity contribution in [2.24, 2.45) is 0 Å². The molecule has 2 heteroatoms. The van der Waals surface area contributed by atoms with Crippen LogP contribution in [0.3, 0.4) is 0 Å². The zero-order valence-corrected chi connectivity index (χ0v) is 12.7. The first-order chi connectivity index (χ1) is 8.72. The molecule has 18 heavy (non-hydrogen) atoms. The molecule has 2 rings (SSSR count). The van der Waals surface area contributed by atoms with E-state index in [1.54, 1.807) is 0 Å². The van der Waals surface area contributed by atoms with Crippen molar-refractivity contribution in [1.29, 1.82) is 0 Å². The molecule has 2 aromatic rings. The minimum atomic E-state index is 0.887. The molecule has 1 heterocycles. The number of nitrogens with zero attached hydrogens (tertiary/aromatic N) is 1. The summed E-state index contributed by atoms with van der Waals surface area (Å²) in [4.78, 5) is 0. The molecule has 1 aromatic carbocycles. The van der Waals surface area contributed by atoms with Gasteiger partial charge in [0.25, 0.3) is 0 Å². The molecule has 0 N–H and O–H groups in total. The average molecular weight is 249 g/mol. The Morgan fingerprint density at radius 1 is 1.06 bits per heavy atom. The summed E-state index contributed by atoms with van der Waals surface area (Å²) >= 11 is 0. The molecule has 0 saturated carbocycles. The molecule has 0 amide bonds. The van der Waals surface area contributed by atoms with Crippen LogP contribution in [0.15, 0.2) is 22.7 Å². The summed E-state index contributed by atoms with van der Waals surface area (Å²) in [5, 5.41) is 5.13. The molecule has 0 atom stereocenters. The minimum Gasteiger partial charge on any atom is -0.356 e. The largest absolute Gasteiger partial charge is 0.356 e. The second-order valence-corrected chi connectivity index (χ2v) is 3.98. The first-order valence-electron chi connectivity index (χ1n) is 7.07. The summed E-state index contributed by atoms with van der Waals surface area (Å²) in [7, 11) is 0. The van der Waals surface area contributed by atoms with E-state index in [2.05, 4.69) is 38.9 Å². The highest BCUT2D eigenvalue weighted by Crippen LogP contribution is 2.19. The number of aromatic nitrogens is 1. The van der Waals surface area contributed by atoms with Crippen molar-refractivity contribution >= 4 is 11.0 Å². The molecule has 0 saturated heterocycles. The van der Waals surface area contributed by atoms with Crippen LogP contribution in [0, 0.1) is 6.92 Å². The quantitative estimate of drug-likeness (QED) is 0.699. The molecule has 0 bridgehead atoms. The third kappa shape index (κ3) is 4.91. The van der Waals surface area contributed by atoms with Gasteiger partial charge in [-0.2, -0.15) is 0 Å². The van der Waals surface area contributed by atoms with Gasteiger partial charge in [-0.15, -0.1) is 0 Å². The van der Waals surface area contributed by atoms with Gasteiger partial charge in [0.1, 0.15) is 0 Å². The summed E-state index contributed by atoms with van der Waals surface area (Å²) in [6.07, 6.45) is 3.57. The normalized spacial score (nSPS) is 9.22. The van der Waals surface area contributed by atoms with Crippen molar-refractivity contribution in [2.75, 3.05) is 0 Å². The van der Waals surface area contributed by atoms with Crippen molar-refractivity contribution in [3.63, 3.8) is 0 Å². The monoisotopic (exact) mass is 249 g/mol. The van der Waals surface area contributed by atoms with Gasteiger partial charge in [0.15, 0.2) is 5.58 Å². The van der Waals surface area contributed by atoms with E-state index in [1.807, 2.05) is 26.0 Å². The second-order valence-electron chi connectivity index (χ2n) is 3.98. The van der Waals surface area contributed by atoms with E-state index in [4.69, 9.17) is 4.52 Å². The summed E-state index contributed by atoms with van der Waals surface area (Å²) in [5.74, 6) is 0. The Kier molecular flexibility index (Phi) is 8.99. The van der Waals surface area contributed by atoms with Gasteiger partial charge in [-0.1, -0.05) is 64.2 Å². The molecule has 0 aliphatic heterocycles. The van der Waals surface area contributed by atoms with Gasteiger partial charge < -0.3 is 4.52 Å². The number of unbranched alkanes of at least 4 members (excludes halogenated alkanes) is 1. The predicted molar refractivity (Wildman–Crippen MR) is 80.1 cm³/mol. The van der Waals surface area contributed by atoms with Crippen LogP contribution in [0.25, 0.3) is 11.0 Å². The van der Waals surface area contributed by atoms with E-state index in [0.717, 1.165) is 23.1 Å². The highest BCUT2D eigenvalue weighted by atomic mass is 16.5. The Labute approximate surface area is 111 Å². The van der Waals surface area contributed by atoms with Gasteiger partial charge in [-0.05, 0) is 25.5 Å². The van der Waals surface area contributed by atoms with Crippen LogP contribution in [0.4, 0.5) is 0 Å². The first-order valence-corrected chi connectivity index (χ1v) is 7.07. The Balaban J connectivity index is 0.000000415. The summed E-state index contributed by atoms with van der Waals surface area (Å²) < 4.78 is 5.14. The van der Waals surface area contributed by atoms with Crippen molar-refractivity contribution in [3.05, 3.63) is 29.5 Å². The van der Waals surface area contributed by atoms with Crippen molar-refractivity contribution in [2.45, 2.75) is 60.8 Å². The Bertz CT molecular complexity index is 430. The lowest BCUT2D eigenvalue weighted by atomic mass is 10.1. The third-order valence-corrected chi connectivity index (χ3v) is 2.54.